The molecule has 0 radical (unpaired) electrons. The molecule has 0 aliphatic carbocycles. The van der Waals surface area contributed by atoms with E-state index in [4.69, 9.17) is 0 Å². The molecule has 2 aromatic rings. The van der Waals surface area contributed by atoms with Crippen LogP contribution in [0.25, 0.3) is 0 Å². The standard InChI is InChI=1S/C17H21N.ClH/c1-18(14-12-16-8-4-2-5-9-16)15-13-17-10-6-3-7-11-17;/h2-11H,12-15H2,1H3;1H. The van der Waals surface area contributed by atoms with Crippen molar-refractivity contribution in [3.63, 3.8) is 0 Å². The van der Waals surface area contributed by atoms with Crippen LogP contribution in [-0.2, 0) is 12.8 Å². The van der Waals surface area contributed by atoms with Gasteiger partial charge in [-0.1, -0.05) is 60.7 Å². The van der Waals surface area contributed by atoms with Gasteiger partial charge in [-0.25, -0.2) is 0 Å². The average molecular weight is 276 g/mol. The quantitative estimate of drug-likeness (QED) is 0.689. The van der Waals surface area contributed by atoms with Crippen LogP contribution in [-0.4, -0.2) is 20.1 Å². The maximum Gasteiger partial charge on any atom is 0.0809 e. The zero-order valence-electron chi connectivity index (χ0n) is 11.5. The topological polar surface area (TPSA) is 4.44 Å². The van der Waals surface area contributed by atoms with Crippen LogP contribution < -0.4 is 17.3 Å². The number of hydrogen-bond donors (Lipinski definition) is 1. The van der Waals surface area contributed by atoms with Gasteiger partial charge in [0, 0.05) is 12.8 Å². The largest absolute Gasteiger partial charge is 1.00 e. The first kappa shape index (κ1) is 15.7. The number of hydrogen-bond acceptors (Lipinski definition) is 0. The third kappa shape index (κ3) is 5.91. The molecule has 0 atom stereocenters. The van der Waals surface area contributed by atoms with Gasteiger partial charge < -0.3 is 17.3 Å². The van der Waals surface area contributed by atoms with Crippen molar-refractivity contribution in [1.82, 2.24) is 0 Å². The van der Waals surface area contributed by atoms with Crippen LogP contribution in [0.3, 0.4) is 0 Å². The summed E-state index contributed by atoms with van der Waals surface area (Å²) in [5, 5.41) is 0. The highest BCUT2D eigenvalue weighted by molar-refractivity contribution is 5.15. The van der Waals surface area contributed by atoms with Gasteiger partial charge in [-0.05, 0) is 11.1 Å². The molecule has 0 heterocycles. The van der Waals surface area contributed by atoms with Crippen molar-refractivity contribution in [2.24, 2.45) is 0 Å². The van der Waals surface area contributed by atoms with Crippen LogP contribution >= 0.6 is 0 Å². The maximum atomic E-state index is 2.28. The fourth-order valence-corrected chi connectivity index (χ4v) is 2.13. The van der Waals surface area contributed by atoms with E-state index in [1.54, 1.807) is 4.90 Å². The number of likely N-dealkylation sites (N-methyl/N-ethyl adjacent to an activating group) is 1. The minimum absolute atomic E-state index is 0. The fourth-order valence-electron chi connectivity index (χ4n) is 2.13. The third-order valence-electron chi connectivity index (χ3n) is 3.37. The minimum atomic E-state index is 0. The molecular weight excluding hydrogens is 254 g/mol. The van der Waals surface area contributed by atoms with E-state index in [1.807, 2.05) is 0 Å². The van der Waals surface area contributed by atoms with Crippen molar-refractivity contribution >= 4 is 0 Å². The van der Waals surface area contributed by atoms with E-state index in [0.717, 1.165) is 0 Å². The molecule has 0 amide bonds. The van der Waals surface area contributed by atoms with Gasteiger partial charge in [0.25, 0.3) is 0 Å². The maximum absolute atomic E-state index is 2.28. The normalized spacial score (nSPS) is 10.2. The predicted octanol–water partition coefficient (Wildman–Crippen LogP) is -1.01. The molecule has 0 aliphatic rings. The van der Waals surface area contributed by atoms with Crippen molar-refractivity contribution < 1.29 is 17.3 Å². The molecule has 0 spiro atoms. The second-order valence-electron chi connectivity index (χ2n) is 4.93. The summed E-state index contributed by atoms with van der Waals surface area (Å²) in [6.45, 7) is 2.41. The van der Waals surface area contributed by atoms with E-state index in [1.165, 1.54) is 37.1 Å². The van der Waals surface area contributed by atoms with Crippen molar-refractivity contribution in [3.05, 3.63) is 71.8 Å². The summed E-state index contributed by atoms with van der Waals surface area (Å²) in [6.07, 6.45) is 2.34. The van der Waals surface area contributed by atoms with Gasteiger partial charge in [-0.2, -0.15) is 0 Å². The van der Waals surface area contributed by atoms with Crippen LogP contribution in [0.15, 0.2) is 60.7 Å². The summed E-state index contributed by atoms with van der Waals surface area (Å²) >= 11 is 0. The summed E-state index contributed by atoms with van der Waals surface area (Å²) in [7, 11) is 2.28. The Balaban J connectivity index is 0.00000180. The number of nitrogens with one attached hydrogen (secondary N) is 1. The molecule has 0 aliphatic heterocycles. The molecule has 1 N–H and O–H groups in total. The molecule has 0 aromatic heterocycles. The van der Waals surface area contributed by atoms with Crippen molar-refractivity contribution in [3.8, 4) is 0 Å². The van der Waals surface area contributed by atoms with Crippen LogP contribution in [0.2, 0.25) is 0 Å². The van der Waals surface area contributed by atoms with E-state index >= 15 is 0 Å². The zero-order chi connectivity index (χ0) is 12.6. The van der Waals surface area contributed by atoms with Crippen LogP contribution in [0.4, 0.5) is 0 Å². The van der Waals surface area contributed by atoms with E-state index in [0.29, 0.717) is 0 Å². The van der Waals surface area contributed by atoms with E-state index in [-0.39, 0.29) is 12.4 Å². The van der Waals surface area contributed by atoms with Crippen molar-refractivity contribution in [2.45, 2.75) is 12.8 Å². The monoisotopic (exact) mass is 275 g/mol. The summed E-state index contributed by atoms with van der Waals surface area (Å²) in [6, 6.07) is 21.5. The first-order valence-electron chi connectivity index (χ1n) is 6.74. The number of halogens is 1. The molecule has 0 bridgehead atoms. The van der Waals surface area contributed by atoms with E-state index < -0.39 is 0 Å². The second kappa shape index (κ2) is 8.73. The van der Waals surface area contributed by atoms with Gasteiger partial charge in [0.2, 0.25) is 0 Å². The molecule has 1 nitrogen and oxygen atoms in total. The Labute approximate surface area is 122 Å². The molecule has 0 unspecified atom stereocenters. The Kier molecular flexibility index (Phi) is 7.24. The summed E-state index contributed by atoms with van der Waals surface area (Å²) < 4.78 is 0. The minimum Gasteiger partial charge on any atom is -1.00 e. The molecule has 102 valence electrons. The van der Waals surface area contributed by atoms with Crippen LogP contribution in [0.5, 0.6) is 0 Å². The third-order valence-corrected chi connectivity index (χ3v) is 3.37. The molecule has 2 rings (SSSR count). The highest BCUT2D eigenvalue weighted by atomic mass is 35.5. The van der Waals surface area contributed by atoms with Crippen LogP contribution in [0, 0.1) is 0 Å². The Morgan fingerprint density at radius 2 is 1.05 bits per heavy atom. The first-order chi connectivity index (χ1) is 8.84. The SMILES string of the molecule is C[NH+](CCc1ccccc1)CCc1ccccc1.[Cl-]. The average Bonchev–Trinajstić information content (AvgIpc) is 2.45. The Hall–Kier alpha value is -1.31. The van der Waals surface area contributed by atoms with Crippen molar-refractivity contribution in [1.29, 1.82) is 0 Å². The predicted molar refractivity (Wildman–Crippen MR) is 76.9 cm³/mol. The lowest BCUT2D eigenvalue weighted by Gasteiger charge is -2.14. The van der Waals surface area contributed by atoms with Crippen LogP contribution in [0.1, 0.15) is 11.1 Å². The van der Waals surface area contributed by atoms with Gasteiger partial charge in [-0.3, -0.25) is 0 Å². The first-order valence-corrected chi connectivity index (χ1v) is 6.74. The second-order valence-corrected chi connectivity index (χ2v) is 4.93. The lowest BCUT2D eigenvalue weighted by atomic mass is 10.1. The van der Waals surface area contributed by atoms with Gasteiger partial charge in [0.05, 0.1) is 20.1 Å². The van der Waals surface area contributed by atoms with E-state index in [2.05, 4.69) is 67.7 Å². The van der Waals surface area contributed by atoms with E-state index in [9.17, 15) is 0 Å². The van der Waals surface area contributed by atoms with Gasteiger partial charge in [-0.15, -0.1) is 0 Å². The lowest BCUT2D eigenvalue weighted by Crippen LogP contribution is -3.09. The smallest absolute Gasteiger partial charge is 0.0809 e. The summed E-state index contributed by atoms with van der Waals surface area (Å²) in [5.74, 6) is 0. The summed E-state index contributed by atoms with van der Waals surface area (Å²) in [5.41, 5.74) is 2.88. The van der Waals surface area contributed by atoms with Gasteiger partial charge in [0.1, 0.15) is 0 Å². The number of benzene rings is 2. The zero-order valence-corrected chi connectivity index (χ0v) is 12.2. The molecule has 2 aromatic carbocycles. The van der Waals surface area contributed by atoms with Gasteiger partial charge in [0.15, 0.2) is 0 Å². The molecule has 0 fully saturated rings. The Morgan fingerprint density at radius 3 is 1.42 bits per heavy atom. The molecule has 2 heteroatoms. The Morgan fingerprint density at radius 1 is 0.684 bits per heavy atom. The highest BCUT2D eigenvalue weighted by Gasteiger charge is 2.03. The van der Waals surface area contributed by atoms with Gasteiger partial charge >= 0.3 is 0 Å². The fraction of sp³-hybridized carbons (Fsp3) is 0.294. The molecule has 19 heavy (non-hydrogen) atoms. The molecule has 0 saturated heterocycles. The number of rotatable bonds is 6. The Bertz CT molecular complexity index is 398. The van der Waals surface area contributed by atoms with Crippen molar-refractivity contribution in [2.75, 3.05) is 20.1 Å². The molecular formula is C17H22ClN. The number of quaternary nitrogens is 1. The molecule has 0 saturated carbocycles. The highest BCUT2D eigenvalue weighted by Crippen LogP contribution is 1.98. The summed E-state index contributed by atoms with van der Waals surface area (Å²) in [4.78, 5) is 1.60. The lowest BCUT2D eigenvalue weighted by molar-refractivity contribution is -0.879.